The SMILES string of the molecule is Nc1nccn1CCC[C@H](NC(=O)OCC1c2ccccc2-c2ccccc21)C(=O)O. The molecule has 1 atom stereocenters. The second-order valence-corrected chi connectivity index (χ2v) is 7.48. The molecule has 0 fully saturated rings. The zero-order valence-electron chi connectivity index (χ0n) is 16.9. The molecule has 0 spiro atoms. The maximum absolute atomic E-state index is 12.4. The number of rotatable bonds is 8. The van der Waals surface area contributed by atoms with Crippen molar-refractivity contribution in [2.75, 3.05) is 12.3 Å². The van der Waals surface area contributed by atoms with Gasteiger partial charge in [-0.15, -0.1) is 0 Å². The lowest BCUT2D eigenvalue weighted by atomic mass is 9.98. The van der Waals surface area contributed by atoms with Gasteiger partial charge in [0.1, 0.15) is 12.6 Å². The number of hydrogen-bond donors (Lipinski definition) is 3. The topological polar surface area (TPSA) is 119 Å². The molecule has 31 heavy (non-hydrogen) atoms. The van der Waals surface area contributed by atoms with Crippen LogP contribution in [0.25, 0.3) is 11.1 Å². The van der Waals surface area contributed by atoms with Gasteiger partial charge in [-0.3, -0.25) is 0 Å². The van der Waals surface area contributed by atoms with Crippen LogP contribution in [0, 0.1) is 0 Å². The van der Waals surface area contributed by atoms with Gasteiger partial charge in [-0.05, 0) is 35.1 Å². The molecule has 4 rings (SSSR count). The predicted molar refractivity (Wildman–Crippen MR) is 116 cm³/mol. The van der Waals surface area contributed by atoms with Crippen LogP contribution in [0.5, 0.6) is 0 Å². The number of anilines is 1. The van der Waals surface area contributed by atoms with Crippen molar-refractivity contribution in [3.8, 4) is 11.1 Å². The minimum Gasteiger partial charge on any atom is -0.480 e. The minimum atomic E-state index is -1.10. The van der Waals surface area contributed by atoms with E-state index >= 15 is 0 Å². The van der Waals surface area contributed by atoms with Crippen LogP contribution >= 0.6 is 0 Å². The number of nitrogen functional groups attached to an aromatic ring is 1. The average Bonchev–Trinajstić information content (AvgIpc) is 3.32. The second-order valence-electron chi connectivity index (χ2n) is 7.48. The largest absolute Gasteiger partial charge is 0.480 e. The quantitative estimate of drug-likeness (QED) is 0.515. The zero-order valence-corrected chi connectivity index (χ0v) is 16.9. The minimum absolute atomic E-state index is 0.0781. The highest BCUT2D eigenvalue weighted by Gasteiger charge is 2.29. The van der Waals surface area contributed by atoms with E-state index in [2.05, 4.69) is 22.4 Å². The van der Waals surface area contributed by atoms with E-state index in [9.17, 15) is 14.7 Å². The number of ether oxygens (including phenoxy) is 1. The van der Waals surface area contributed by atoms with Gasteiger partial charge in [0.15, 0.2) is 5.95 Å². The Bertz CT molecular complexity index is 1050. The fraction of sp³-hybridized carbons (Fsp3) is 0.261. The molecule has 0 radical (unpaired) electrons. The number of nitrogens with zero attached hydrogens (tertiary/aromatic N) is 2. The monoisotopic (exact) mass is 420 g/mol. The Morgan fingerprint density at radius 1 is 1.13 bits per heavy atom. The first-order chi connectivity index (χ1) is 15.0. The standard InChI is InChI=1S/C23H24N4O4/c24-22-25-11-13-27(22)12-5-10-20(21(28)29)26-23(30)31-14-19-17-8-3-1-6-15(17)16-7-2-4-9-18(16)19/h1-4,6-9,11,13,19-20H,5,10,12,14H2,(H2,24,25)(H,26,30)(H,28,29)/t20-/m0/s1. The number of carboxylic acid groups (broad SMARTS) is 1. The number of benzene rings is 2. The first-order valence-corrected chi connectivity index (χ1v) is 10.2. The van der Waals surface area contributed by atoms with Gasteiger partial charge in [-0.1, -0.05) is 48.5 Å². The normalized spacial score (nSPS) is 13.3. The molecule has 3 aromatic rings. The summed E-state index contributed by atoms with van der Waals surface area (Å²) in [5.41, 5.74) is 10.2. The van der Waals surface area contributed by atoms with Crippen molar-refractivity contribution in [2.24, 2.45) is 0 Å². The molecule has 0 saturated heterocycles. The van der Waals surface area contributed by atoms with Crippen molar-refractivity contribution < 1.29 is 19.4 Å². The summed E-state index contributed by atoms with van der Waals surface area (Å²) >= 11 is 0. The lowest BCUT2D eigenvalue weighted by molar-refractivity contribution is -0.139. The van der Waals surface area contributed by atoms with E-state index in [1.165, 1.54) is 0 Å². The molecule has 0 saturated carbocycles. The maximum atomic E-state index is 12.4. The Morgan fingerprint density at radius 2 is 1.77 bits per heavy atom. The third kappa shape index (κ3) is 4.37. The Morgan fingerprint density at radius 3 is 2.35 bits per heavy atom. The fourth-order valence-electron chi connectivity index (χ4n) is 4.04. The lowest BCUT2D eigenvalue weighted by Crippen LogP contribution is -2.41. The third-order valence-electron chi connectivity index (χ3n) is 5.57. The van der Waals surface area contributed by atoms with Crippen molar-refractivity contribution in [2.45, 2.75) is 31.3 Å². The van der Waals surface area contributed by atoms with E-state index < -0.39 is 18.1 Å². The molecule has 1 aromatic heterocycles. The number of carbonyl (C=O) groups excluding carboxylic acids is 1. The first-order valence-electron chi connectivity index (χ1n) is 10.2. The lowest BCUT2D eigenvalue weighted by Gasteiger charge is -2.17. The predicted octanol–water partition coefficient (Wildman–Crippen LogP) is 3.24. The number of amides is 1. The summed E-state index contributed by atoms with van der Waals surface area (Å²) in [5, 5.41) is 11.9. The highest BCUT2D eigenvalue weighted by atomic mass is 16.5. The fourth-order valence-corrected chi connectivity index (χ4v) is 4.04. The van der Waals surface area contributed by atoms with Crippen LogP contribution in [-0.2, 0) is 16.1 Å². The Balaban J connectivity index is 1.34. The summed E-state index contributed by atoms with van der Waals surface area (Å²) < 4.78 is 7.17. The maximum Gasteiger partial charge on any atom is 0.407 e. The van der Waals surface area contributed by atoms with Crippen LogP contribution in [0.3, 0.4) is 0 Å². The number of nitrogens with two attached hydrogens (primary N) is 1. The third-order valence-corrected chi connectivity index (χ3v) is 5.57. The van der Waals surface area contributed by atoms with Crippen molar-refractivity contribution in [1.29, 1.82) is 0 Å². The molecule has 1 aliphatic rings. The molecular weight excluding hydrogens is 396 g/mol. The number of carbonyl (C=O) groups is 2. The number of imidazole rings is 1. The van der Waals surface area contributed by atoms with Crippen LogP contribution in [0.4, 0.5) is 10.7 Å². The van der Waals surface area contributed by atoms with Crippen molar-refractivity contribution >= 4 is 18.0 Å². The molecule has 1 heterocycles. The molecule has 0 bridgehead atoms. The van der Waals surface area contributed by atoms with Gasteiger partial charge in [0.2, 0.25) is 0 Å². The van der Waals surface area contributed by atoms with Crippen LogP contribution in [0.15, 0.2) is 60.9 Å². The molecule has 8 heteroatoms. The van der Waals surface area contributed by atoms with Gasteiger partial charge >= 0.3 is 12.1 Å². The highest BCUT2D eigenvalue weighted by Crippen LogP contribution is 2.44. The van der Waals surface area contributed by atoms with E-state index in [0.29, 0.717) is 18.9 Å². The van der Waals surface area contributed by atoms with Gasteiger partial charge < -0.3 is 25.5 Å². The smallest absolute Gasteiger partial charge is 0.407 e. The Kier molecular flexibility index (Phi) is 5.88. The molecule has 0 unspecified atom stereocenters. The number of hydrogen-bond acceptors (Lipinski definition) is 5. The molecule has 2 aromatic carbocycles. The van der Waals surface area contributed by atoms with Gasteiger partial charge in [-0.25, -0.2) is 14.6 Å². The van der Waals surface area contributed by atoms with Crippen molar-refractivity contribution in [3.05, 3.63) is 72.1 Å². The van der Waals surface area contributed by atoms with E-state index in [0.717, 1.165) is 22.3 Å². The van der Waals surface area contributed by atoms with Crippen LogP contribution in [-0.4, -0.2) is 39.4 Å². The summed E-state index contributed by atoms with van der Waals surface area (Å²) in [7, 11) is 0. The number of fused-ring (bicyclic) bond motifs is 3. The van der Waals surface area contributed by atoms with Crippen molar-refractivity contribution in [1.82, 2.24) is 14.9 Å². The molecule has 1 aliphatic carbocycles. The van der Waals surface area contributed by atoms with Gasteiger partial charge in [-0.2, -0.15) is 0 Å². The molecular formula is C23H24N4O4. The van der Waals surface area contributed by atoms with E-state index in [1.54, 1.807) is 17.0 Å². The molecule has 0 aliphatic heterocycles. The summed E-state index contributed by atoms with van der Waals surface area (Å²) in [6.45, 7) is 0.653. The van der Waals surface area contributed by atoms with E-state index in [4.69, 9.17) is 10.5 Å². The number of alkyl carbamates (subject to hydrolysis) is 1. The summed E-state index contributed by atoms with van der Waals surface area (Å²) in [6.07, 6.45) is 3.33. The summed E-state index contributed by atoms with van der Waals surface area (Å²) in [5.74, 6) is -0.811. The summed E-state index contributed by atoms with van der Waals surface area (Å²) in [6, 6.07) is 15.0. The highest BCUT2D eigenvalue weighted by molar-refractivity contribution is 5.81. The van der Waals surface area contributed by atoms with Gasteiger partial charge in [0.25, 0.3) is 0 Å². The molecule has 1 amide bonds. The number of aliphatic carboxylic acids is 1. The zero-order chi connectivity index (χ0) is 21.8. The van der Waals surface area contributed by atoms with Crippen LogP contribution in [0.1, 0.15) is 29.9 Å². The van der Waals surface area contributed by atoms with Crippen LogP contribution in [0.2, 0.25) is 0 Å². The average molecular weight is 420 g/mol. The van der Waals surface area contributed by atoms with Crippen LogP contribution < -0.4 is 11.1 Å². The molecule has 8 nitrogen and oxygen atoms in total. The number of nitrogens with one attached hydrogen (secondary N) is 1. The Labute approximate surface area is 179 Å². The molecule has 4 N–H and O–H groups in total. The van der Waals surface area contributed by atoms with Crippen molar-refractivity contribution in [3.63, 3.8) is 0 Å². The van der Waals surface area contributed by atoms with E-state index in [-0.39, 0.29) is 18.9 Å². The van der Waals surface area contributed by atoms with Gasteiger partial charge in [0.05, 0.1) is 0 Å². The first kappa shape index (κ1) is 20.5. The number of carboxylic acids is 1. The summed E-state index contributed by atoms with van der Waals surface area (Å²) in [4.78, 5) is 27.8. The Hall–Kier alpha value is -3.81. The second kappa shape index (κ2) is 8.91. The van der Waals surface area contributed by atoms with E-state index in [1.807, 2.05) is 36.4 Å². The van der Waals surface area contributed by atoms with Gasteiger partial charge in [0, 0.05) is 24.9 Å². The number of aromatic nitrogens is 2. The molecule has 160 valence electrons. The number of aryl methyl sites for hydroxylation is 1.